The molecule has 0 saturated heterocycles. The van der Waals surface area contributed by atoms with Gasteiger partial charge in [-0.05, 0) is 28.9 Å². The van der Waals surface area contributed by atoms with E-state index in [1.807, 2.05) is 0 Å². The number of hydrogen-bond acceptors (Lipinski definition) is 4. The van der Waals surface area contributed by atoms with Gasteiger partial charge in [0, 0.05) is 16.6 Å². The number of hydrogen-bond donors (Lipinski definition) is 1. The first-order chi connectivity index (χ1) is 13.6. The van der Waals surface area contributed by atoms with Crippen molar-refractivity contribution < 1.29 is 22.4 Å². The van der Waals surface area contributed by atoms with Gasteiger partial charge in [-0.1, -0.05) is 18.2 Å². The van der Waals surface area contributed by atoms with Crippen LogP contribution in [0, 0.1) is 12.7 Å². The highest BCUT2D eigenvalue weighted by Crippen LogP contribution is 2.27. The van der Waals surface area contributed by atoms with E-state index in [0.29, 0.717) is 20.6 Å². The summed E-state index contributed by atoms with van der Waals surface area (Å²) in [6.07, 6.45) is -3.98. The second-order valence-corrected chi connectivity index (χ2v) is 8.27. The fourth-order valence-corrected chi connectivity index (χ4v) is 4.10. The SMILES string of the molecule is Cc1nc(CC(F)(F)F)sc1CC(=O)Nc1nn(Cc2ccccc2F)cc1Br. The molecule has 0 radical (unpaired) electrons. The number of anilines is 1. The zero-order valence-electron chi connectivity index (χ0n) is 15.1. The van der Waals surface area contributed by atoms with E-state index in [1.54, 1.807) is 31.3 Å². The lowest BCUT2D eigenvalue weighted by Gasteiger charge is -2.04. The molecule has 0 aliphatic rings. The van der Waals surface area contributed by atoms with Crippen molar-refractivity contribution in [2.45, 2.75) is 32.5 Å². The maximum atomic E-state index is 13.8. The number of aromatic nitrogens is 3. The summed E-state index contributed by atoms with van der Waals surface area (Å²) < 4.78 is 53.3. The number of benzene rings is 1. The Kier molecular flexibility index (Phi) is 6.37. The van der Waals surface area contributed by atoms with E-state index >= 15 is 0 Å². The Balaban J connectivity index is 1.66. The molecule has 11 heteroatoms. The highest BCUT2D eigenvalue weighted by Gasteiger charge is 2.30. The number of nitrogens with zero attached hydrogens (tertiary/aromatic N) is 3. The molecule has 3 aromatic rings. The van der Waals surface area contributed by atoms with E-state index in [2.05, 4.69) is 31.3 Å². The second-order valence-electron chi connectivity index (χ2n) is 6.25. The summed E-state index contributed by atoms with van der Waals surface area (Å²) in [4.78, 5) is 16.7. The summed E-state index contributed by atoms with van der Waals surface area (Å²) in [6, 6.07) is 6.28. The van der Waals surface area contributed by atoms with Gasteiger partial charge in [0.25, 0.3) is 0 Å². The Labute approximate surface area is 175 Å². The first-order valence-electron chi connectivity index (χ1n) is 8.39. The summed E-state index contributed by atoms with van der Waals surface area (Å²) >= 11 is 4.16. The molecule has 0 fully saturated rings. The Morgan fingerprint density at radius 1 is 1.31 bits per heavy atom. The summed E-state index contributed by atoms with van der Waals surface area (Å²) in [5.41, 5.74) is 0.839. The van der Waals surface area contributed by atoms with Crippen LogP contribution in [-0.4, -0.2) is 26.8 Å². The number of alkyl halides is 3. The van der Waals surface area contributed by atoms with Gasteiger partial charge in [-0.2, -0.15) is 18.3 Å². The van der Waals surface area contributed by atoms with Gasteiger partial charge >= 0.3 is 6.18 Å². The zero-order valence-corrected chi connectivity index (χ0v) is 17.5. The normalized spacial score (nSPS) is 11.7. The molecule has 0 saturated carbocycles. The van der Waals surface area contributed by atoms with E-state index in [1.165, 1.54) is 10.7 Å². The molecule has 2 aromatic heterocycles. The molecule has 1 amide bonds. The standard InChI is InChI=1S/C18H15BrF4N4OS/c1-10-14(29-16(24-10)7-18(21,22)23)6-15(28)25-17-12(19)9-27(26-17)8-11-4-2-3-5-13(11)20/h2-5,9H,6-8H2,1H3,(H,25,26,28). The van der Waals surface area contributed by atoms with Crippen LogP contribution in [0.3, 0.4) is 0 Å². The van der Waals surface area contributed by atoms with Crippen LogP contribution < -0.4 is 5.32 Å². The molecule has 3 rings (SSSR count). The van der Waals surface area contributed by atoms with Crippen molar-refractivity contribution in [3.05, 3.63) is 61.9 Å². The smallest absolute Gasteiger partial charge is 0.308 e. The summed E-state index contributed by atoms with van der Waals surface area (Å²) in [5.74, 6) is -0.559. The number of halogens is 5. The van der Waals surface area contributed by atoms with Crippen molar-refractivity contribution in [2.24, 2.45) is 0 Å². The number of amides is 1. The first-order valence-corrected chi connectivity index (χ1v) is 10.00. The molecule has 154 valence electrons. The molecular weight excluding hydrogens is 476 g/mol. The highest BCUT2D eigenvalue weighted by atomic mass is 79.9. The molecule has 0 bridgehead atoms. The number of carbonyl (C=O) groups is 1. The molecule has 29 heavy (non-hydrogen) atoms. The monoisotopic (exact) mass is 490 g/mol. The van der Waals surface area contributed by atoms with Gasteiger partial charge < -0.3 is 5.32 Å². The summed E-state index contributed by atoms with van der Waals surface area (Å²) in [6.45, 7) is 1.74. The second kappa shape index (κ2) is 8.62. The van der Waals surface area contributed by atoms with Crippen LogP contribution in [0.25, 0.3) is 0 Å². The van der Waals surface area contributed by atoms with Gasteiger partial charge in [0.2, 0.25) is 5.91 Å². The lowest BCUT2D eigenvalue weighted by Crippen LogP contribution is -2.15. The molecule has 5 nitrogen and oxygen atoms in total. The molecule has 0 aliphatic heterocycles. The average molecular weight is 491 g/mol. The lowest BCUT2D eigenvalue weighted by molar-refractivity contribution is -0.127. The molecule has 1 aromatic carbocycles. The van der Waals surface area contributed by atoms with E-state index in [9.17, 15) is 22.4 Å². The van der Waals surface area contributed by atoms with Crippen molar-refractivity contribution in [3.63, 3.8) is 0 Å². The van der Waals surface area contributed by atoms with Crippen LogP contribution in [0.5, 0.6) is 0 Å². The fraction of sp³-hybridized carbons (Fsp3) is 0.278. The van der Waals surface area contributed by atoms with Gasteiger partial charge in [0.1, 0.15) is 10.8 Å². The van der Waals surface area contributed by atoms with Gasteiger partial charge in [-0.15, -0.1) is 11.3 Å². The molecule has 2 heterocycles. The van der Waals surface area contributed by atoms with Gasteiger partial charge in [0.05, 0.1) is 29.6 Å². The Morgan fingerprint density at radius 2 is 2.03 bits per heavy atom. The summed E-state index contributed by atoms with van der Waals surface area (Å²) in [5, 5.41) is 6.75. The predicted molar refractivity (Wildman–Crippen MR) is 104 cm³/mol. The molecule has 0 atom stereocenters. The van der Waals surface area contributed by atoms with E-state index in [0.717, 1.165) is 11.3 Å². The predicted octanol–water partition coefficient (Wildman–Crippen LogP) is 4.88. The molecule has 0 aliphatic carbocycles. The first kappa shape index (κ1) is 21.4. The Morgan fingerprint density at radius 3 is 2.72 bits per heavy atom. The quantitative estimate of drug-likeness (QED) is 0.500. The van der Waals surface area contributed by atoms with Crippen LogP contribution in [0.1, 0.15) is 21.1 Å². The van der Waals surface area contributed by atoms with E-state index in [4.69, 9.17) is 0 Å². The maximum Gasteiger partial charge on any atom is 0.395 e. The lowest BCUT2D eigenvalue weighted by atomic mass is 10.2. The van der Waals surface area contributed by atoms with Crippen molar-refractivity contribution in [3.8, 4) is 0 Å². The number of carbonyl (C=O) groups excluding carboxylic acids is 1. The van der Waals surface area contributed by atoms with Crippen molar-refractivity contribution in [1.82, 2.24) is 14.8 Å². The third-order valence-corrected chi connectivity index (χ3v) is 5.61. The minimum atomic E-state index is -4.35. The van der Waals surface area contributed by atoms with E-state index < -0.39 is 18.5 Å². The third kappa shape index (κ3) is 5.86. The molecule has 0 spiro atoms. The van der Waals surface area contributed by atoms with Gasteiger partial charge in [0.15, 0.2) is 5.82 Å². The average Bonchev–Trinajstić information content (AvgIpc) is 3.10. The number of nitrogens with one attached hydrogen (secondary N) is 1. The Bertz CT molecular complexity index is 1030. The van der Waals surface area contributed by atoms with Gasteiger partial charge in [-0.25, -0.2) is 9.37 Å². The van der Waals surface area contributed by atoms with Crippen LogP contribution in [0.4, 0.5) is 23.4 Å². The molecule has 1 N–H and O–H groups in total. The Hall–Kier alpha value is -2.27. The minimum absolute atomic E-state index is 0.0758. The highest BCUT2D eigenvalue weighted by molar-refractivity contribution is 9.10. The van der Waals surface area contributed by atoms with Crippen molar-refractivity contribution >= 4 is 39.0 Å². The number of aryl methyl sites for hydroxylation is 1. The van der Waals surface area contributed by atoms with Crippen molar-refractivity contribution in [2.75, 3.05) is 5.32 Å². The van der Waals surface area contributed by atoms with Crippen molar-refractivity contribution in [1.29, 1.82) is 0 Å². The van der Waals surface area contributed by atoms with E-state index in [-0.39, 0.29) is 29.6 Å². The zero-order chi connectivity index (χ0) is 21.2. The van der Waals surface area contributed by atoms with Crippen LogP contribution in [-0.2, 0) is 24.2 Å². The molecular formula is C18H15BrF4N4OS. The minimum Gasteiger partial charge on any atom is -0.308 e. The molecule has 0 unspecified atom stereocenters. The maximum absolute atomic E-state index is 13.8. The van der Waals surface area contributed by atoms with Crippen LogP contribution in [0.2, 0.25) is 0 Å². The third-order valence-electron chi connectivity index (χ3n) is 3.87. The number of thiazole rings is 1. The topological polar surface area (TPSA) is 59.8 Å². The number of rotatable bonds is 6. The van der Waals surface area contributed by atoms with Crippen LogP contribution >= 0.6 is 27.3 Å². The largest absolute Gasteiger partial charge is 0.395 e. The van der Waals surface area contributed by atoms with Crippen LogP contribution in [0.15, 0.2) is 34.9 Å². The summed E-state index contributed by atoms with van der Waals surface area (Å²) in [7, 11) is 0. The fourth-order valence-electron chi connectivity index (χ4n) is 2.59. The van der Waals surface area contributed by atoms with Gasteiger partial charge in [-0.3, -0.25) is 9.48 Å².